The standard InChI is InChI=1S/C18H18Cl2FN5O/c1-9-15(20)17(25(4)23-9)18(27)22-16-10(2)24-26(11(16)3)8-12-5-6-13(21)7-14(12)19/h5-7H,8H2,1-4H3,(H,22,27). The predicted octanol–water partition coefficient (Wildman–Crippen LogP) is 4.29. The van der Waals surface area contributed by atoms with Crippen LogP contribution < -0.4 is 5.32 Å². The minimum absolute atomic E-state index is 0.280. The molecule has 1 N–H and O–H groups in total. The molecule has 0 aliphatic heterocycles. The Bertz CT molecular complexity index is 1040. The Hall–Kier alpha value is -2.38. The van der Waals surface area contributed by atoms with Crippen LogP contribution in [0.25, 0.3) is 0 Å². The van der Waals surface area contributed by atoms with Gasteiger partial charge in [-0.3, -0.25) is 14.2 Å². The molecule has 1 amide bonds. The smallest absolute Gasteiger partial charge is 0.275 e. The molecule has 0 saturated carbocycles. The van der Waals surface area contributed by atoms with Crippen molar-refractivity contribution in [2.45, 2.75) is 27.3 Å². The van der Waals surface area contributed by atoms with Crippen molar-refractivity contribution in [2.24, 2.45) is 7.05 Å². The quantitative estimate of drug-likeness (QED) is 0.698. The van der Waals surface area contributed by atoms with E-state index in [0.717, 1.165) is 11.3 Å². The van der Waals surface area contributed by atoms with E-state index in [9.17, 15) is 9.18 Å². The maximum Gasteiger partial charge on any atom is 0.275 e. The van der Waals surface area contributed by atoms with Crippen LogP contribution >= 0.6 is 23.2 Å². The van der Waals surface area contributed by atoms with Gasteiger partial charge in [0.1, 0.15) is 11.5 Å². The van der Waals surface area contributed by atoms with Crippen LogP contribution in [0, 0.1) is 26.6 Å². The lowest BCUT2D eigenvalue weighted by atomic mass is 10.2. The molecule has 9 heteroatoms. The highest BCUT2D eigenvalue weighted by Gasteiger charge is 2.22. The molecule has 0 radical (unpaired) electrons. The predicted molar refractivity (Wildman–Crippen MR) is 103 cm³/mol. The molecule has 3 aromatic rings. The third-order valence-electron chi connectivity index (χ3n) is 4.32. The van der Waals surface area contributed by atoms with Gasteiger partial charge >= 0.3 is 0 Å². The Kier molecular flexibility index (Phi) is 5.26. The first-order valence-corrected chi connectivity index (χ1v) is 8.93. The van der Waals surface area contributed by atoms with Crippen molar-refractivity contribution in [1.82, 2.24) is 19.6 Å². The van der Waals surface area contributed by atoms with Gasteiger partial charge in [-0.2, -0.15) is 10.2 Å². The van der Waals surface area contributed by atoms with Crippen LogP contribution in [0.3, 0.4) is 0 Å². The fraction of sp³-hybridized carbons (Fsp3) is 0.278. The highest BCUT2D eigenvalue weighted by molar-refractivity contribution is 6.34. The summed E-state index contributed by atoms with van der Waals surface area (Å²) in [6, 6.07) is 4.23. The monoisotopic (exact) mass is 409 g/mol. The Labute approximate surface area is 165 Å². The fourth-order valence-corrected chi connectivity index (χ4v) is 3.37. The lowest BCUT2D eigenvalue weighted by Crippen LogP contribution is -2.17. The van der Waals surface area contributed by atoms with E-state index < -0.39 is 5.82 Å². The van der Waals surface area contributed by atoms with Gasteiger partial charge in [0.15, 0.2) is 0 Å². The molecule has 2 aromatic heterocycles. The van der Waals surface area contributed by atoms with E-state index in [4.69, 9.17) is 23.2 Å². The molecule has 0 saturated heterocycles. The minimum Gasteiger partial charge on any atom is -0.317 e. The van der Waals surface area contributed by atoms with E-state index in [1.807, 2.05) is 6.92 Å². The average Bonchev–Trinajstić information content (AvgIpc) is 2.99. The van der Waals surface area contributed by atoms with Gasteiger partial charge in [0.25, 0.3) is 5.91 Å². The van der Waals surface area contributed by atoms with Crippen molar-refractivity contribution >= 4 is 34.8 Å². The Morgan fingerprint density at radius 1 is 1.19 bits per heavy atom. The van der Waals surface area contributed by atoms with Crippen LogP contribution in [0.5, 0.6) is 0 Å². The molecule has 27 heavy (non-hydrogen) atoms. The number of benzene rings is 1. The summed E-state index contributed by atoms with van der Waals surface area (Å²) < 4.78 is 16.4. The number of rotatable bonds is 4. The first kappa shape index (κ1) is 19.4. The van der Waals surface area contributed by atoms with E-state index in [0.29, 0.717) is 33.7 Å². The SMILES string of the molecule is Cc1nn(C)c(C(=O)Nc2c(C)nn(Cc3ccc(F)cc3Cl)c2C)c1Cl. The van der Waals surface area contributed by atoms with E-state index in [-0.39, 0.29) is 11.6 Å². The molecular formula is C18H18Cl2FN5O. The van der Waals surface area contributed by atoms with Gasteiger partial charge in [0.05, 0.1) is 34.3 Å². The number of hydrogen-bond acceptors (Lipinski definition) is 3. The summed E-state index contributed by atoms with van der Waals surface area (Å²) >= 11 is 12.3. The number of hydrogen-bond donors (Lipinski definition) is 1. The van der Waals surface area contributed by atoms with Gasteiger partial charge in [-0.25, -0.2) is 4.39 Å². The molecule has 0 bridgehead atoms. The van der Waals surface area contributed by atoms with Gasteiger partial charge in [0, 0.05) is 12.1 Å². The summed E-state index contributed by atoms with van der Waals surface area (Å²) in [5.74, 6) is -0.762. The molecule has 0 spiro atoms. The number of nitrogens with zero attached hydrogens (tertiary/aromatic N) is 4. The second kappa shape index (κ2) is 7.32. The van der Waals surface area contributed by atoms with E-state index in [1.54, 1.807) is 31.6 Å². The van der Waals surface area contributed by atoms with Crippen molar-refractivity contribution in [3.63, 3.8) is 0 Å². The number of anilines is 1. The van der Waals surface area contributed by atoms with Gasteiger partial charge in [-0.05, 0) is 38.5 Å². The maximum absolute atomic E-state index is 13.2. The molecular weight excluding hydrogens is 392 g/mol. The molecule has 3 rings (SSSR count). The third kappa shape index (κ3) is 3.70. The van der Waals surface area contributed by atoms with Crippen LogP contribution in [0.15, 0.2) is 18.2 Å². The maximum atomic E-state index is 13.2. The van der Waals surface area contributed by atoms with Gasteiger partial charge in [0.2, 0.25) is 0 Å². The van der Waals surface area contributed by atoms with Crippen LogP contribution in [-0.4, -0.2) is 25.5 Å². The van der Waals surface area contributed by atoms with Crippen molar-refractivity contribution in [1.29, 1.82) is 0 Å². The fourth-order valence-electron chi connectivity index (χ4n) is 2.89. The summed E-state index contributed by atoms with van der Waals surface area (Å²) in [5, 5.41) is 12.1. The minimum atomic E-state index is -0.395. The average molecular weight is 410 g/mol. The number of aromatic nitrogens is 4. The van der Waals surface area contributed by atoms with Crippen LogP contribution in [0.2, 0.25) is 10.0 Å². The third-order valence-corrected chi connectivity index (χ3v) is 5.12. The summed E-state index contributed by atoms with van der Waals surface area (Å²) in [5.41, 5.74) is 3.58. The number of carbonyl (C=O) groups is 1. The van der Waals surface area contributed by atoms with Crippen molar-refractivity contribution in [3.05, 3.63) is 62.4 Å². The Morgan fingerprint density at radius 3 is 2.48 bits per heavy atom. The second-order valence-corrected chi connectivity index (χ2v) is 7.05. The lowest BCUT2D eigenvalue weighted by molar-refractivity contribution is 0.101. The van der Waals surface area contributed by atoms with E-state index in [1.165, 1.54) is 16.8 Å². The molecule has 6 nitrogen and oxygen atoms in total. The summed E-state index contributed by atoms with van der Waals surface area (Å²) in [7, 11) is 1.66. The van der Waals surface area contributed by atoms with Crippen molar-refractivity contribution < 1.29 is 9.18 Å². The zero-order valence-corrected chi connectivity index (χ0v) is 16.8. The van der Waals surface area contributed by atoms with Crippen molar-refractivity contribution in [3.8, 4) is 0 Å². The van der Waals surface area contributed by atoms with E-state index in [2.05, 4.69) is 15.5 Å². The first-order chi connectivity index (χ1) is 12.7. The molecule has 0 aliphatic carbocycles. The number of nitrogens with one attached hydrogen (secondary N) is 1. The summed E-state index contributed by atoms with van der Waals surface area (Å²) in [6.07, 6.45) is 0. The molecule has 0 aliphatic rings. The van der Waals surface area contributed by atoms with E-state index >= 15 is 0 Å². The van der Waals surface area contributed by atoms with Crippen LogP contribution in [0.4, 0.5) is 10.1 Å². The molecule has 1 aromatic carbocycles. The molecule has 0 atom stereocenters. The highest BCUT2D eigenvalue weighted by Crippen LogP contribution is 2.25. The first-order valence-electron chi connectivity index (χ1n) is 8.17. The lowest BCUT2D eigenvalue weighted by Gasteiger charge is -2.09. The highest BCUT2D eigenvalue weighted by atomic mass is 35.5. The van der Waals surface area contributed by atoms with Gasteiger partial charge < -0.3 is 5.32 Å². The Morgan fingerprint density at radius 2 is 1.89 bits per heavy atom. The molecule has 0 unspecified atom stereocenters. The molecule has 142 valence electrons. The number of amides is 1. The number of halogens is 3. The zero-order valence-electron chi connectivity index (χ0n) is 15.3. The number of aryl methyl sites for hydroxylation is 3. The zero-order chi connectivity index (χ0) is 19.9. The van der Waals surface area contributed by atoms with Gasteiger partial charge in [-0.15, -0.1) is 0 Å². The van der Waals surface area contributed by atoms with Crippen LogP contribution in [-0.2, 0) is 13.6 Å². The van der Waals surface area contributed by atoms with Gasteiger partial charge in [-0.1, -0.05) is 29.3 Å². The van der Waals surface area contributed by atoms with Crippen LogP contribution in [0.1, 0.15) is 33.1 Å². The number of carbonyl (C=O) groups excluding carboxylic acids is 1. The summed E-state index contributed by atoms with van der Waals surface area (Å²) in [6.45, 7) is 5.72. The summed E-state index contributed by atoms with van der Waals surface area (Å²) in [4.78, 5) is 12.7. The Balaban J connectivity index is 1.88. The second-order valence-electron chi connectivity index (χ2n) is 6.26. The topological polar surface area (TPSA) is 64.7 Å². The van der Waals surface area contributed by atoms with Crippen molar-refractivity contribution in [2.75, 3.05) is 5.32 Å². The largest absolute Gasteiger partial charge is 0.317 e. The normalized spacial score (nSPS) is 11.1. The molecule has 0 fully saturated rings. The molecule has 2 heterocycles.